The van der Waals surface area contributed by atoms with Crippen molar-refractivity contribution in [2.24, 2.45) is 0 Å². The second-order valence-corrected chi connectivity index (χ2v) is 4.42. The van der Waals surface area contributed by atoms with E-state index < -0.39 is 0 Å². The summed E-state index contributed by atoms with van der Waals surface area (Å²) in [5.41, 5.74) is 1.70. The third-order valence-electron chi connectivity index (χ3n) is 3.13. The lowest BCUT2D eigenvalue weighted by molar-refractivity contribution is 0.174. The highest BCUT2D eigenvalue weighted by molar-refractivity contribution is 5.79. The normalized spacial score (nSPS) is 12.6. The molecule has 0 fully saturated rings. The van der Waals surface area contributed by atoms with E-state index in [1.54, 1.807) is 6.20 Å². The van der Waals surface area contributed by atoms with Crippen molar-refractivity contribution in [2.45, 2.75) is 0 Å². The molecule has 1 aromatic heterocycles. The Bertz CT molecular complexity index is 789. The summed E-state index contributed by atoms with van der Waals surface area (Å²) in [6, 6.07) is 13.5. The molecule has 0 unspecified atom stereocenters. The molecule has 0 radical (unpaired) electrons. The van der Waals surface area contributed by atoms with Gasteiger partial charge in [-0.2, -0.15) is 0 Å². The van der Waals surface area contributed by atoms with E-state index in [-0.39, 0.29) is 6.79 Å². The summed E-state index contributed by atoms with van der Waals surface area (Å²) < 4.78 is 10.8. The first-order valence-corrected chi connectivity index (χ1v) is 6.27. The lowest BCUT2D eigenvalue weighted by Crippen LogP contribution is -1.99. The van der Waals surface area contributed by atoms with Gasteiger partial charge in [-0.3, -0.25) is 0 Å². The van der Waals surface area contributed by atoms with Crippen molar-refractivity contribution in [2.75, 3.05) is 12.1 Å². The van der Waals surface area contributed by atoms with Gasteiger partial charge in [0.15, 0.2) is 11.5 Å². The number of para-hydroxylation sites is 2. The summed E-state index contributed by atoms with van der Waals surface area (Å²) in [6.07, 6.45) is 1.80. The highest BCUT2D eigenvalue weighted by Gasteiger charge is 2.17. The van der Waals surface area contributed by atoms with E-state index >= 15 is 0 Å². The zero-order valence-corrected chi connectivity index (χ0v) is 10.5. The van der Waals surface area contributed by atoms with Crippen molar-refractivity contribution in [1.29, 1.82) is 0 Å². The van der Waals surface area contributed by atoms with E-state index in [1.165, 1.54) is 0 Å². The van der Waals surface area contributed by atoms with Crippen LogP contribution in [0.3, 0.4) is 0 Å². The summed E-state index contributed by atoms with van der Waals surface area (Å²) in [4.78, 5) is 8.79. The molecule has 98 valence electrons. The number of rotatable bonds is 2. The van der Waals surface area contributed by atoms with Gasteiger partial charge in [0.2, 0.25) is 12.7 Å². The lowest BCUT2D eigenvalue weighted by atomic mass is 10.2. The van der Waals surface area contributed by atoms with Gasteiger partial charge in [-0.1, -0.05) is 24.3 Å². The molecule has 1 N–H and O–H groups in total. The van der Waals surface area contributed by atoms with E-state index in [0.29, 0.717) is 11.7 Å². The van der Waals surface area contributed by atoms with Crippen LogP contribution in [0.5, 0.6) is 11.5 Å². The molecule has 0 saturated heterocycles. The minimum absolute atomic E-state index is 0.243. The fraction of sp³-hybridized carbons (Fsp3) is 0.0667. The molecule has 4 rings (SSSR count). The van der Waals surface area contributed by atoms with Gasteiger partial charge in [0.25, 0.3) is 0 Å². The van der Waals surface area contributed by atoms with E-state index in [2.05, 4.69) is 15.3 Å². The molecular formula is C15H11N3O2. The largest absolute Gasteiger partial charge is 0.454 e. The molecule has 3 aromatic rings. The Balaban J connectivity index is 1.72. The smallest absolute Gasteiger partial charge is 0.231 e. The van der Waals surface area contributed by atoms with Crippen LogP contribution in [0, 0.1) is 0 Å². The van der Waals surface area contributed by atoms with Crippen LogP contribution in [0.4, 0.5) is 11.6 Å². The summed E-state index contributed by atoms with van der Waals surface area (Å²) in [6.45, 7) is 0.243. The number of anilines is 2. The molecule has 1 aliphatic rings. The first-order valence-electron chi connectivity index (χ1n) is 6.27. The van der Waals surface area contributed by atoms with Crippen molar-refractivity contribution in [3.8, 4) is 11.5 Å². The van der Waals surface area contributed by atoms with Crippen LogP contribution in [0.2, 0.25) is 0 Å². The minimum atomic E-state index is 0.243. The number of hydrogen-bond acceptors (Lipinski definition) is 5. The number of fused-ring (bicyclic) bond motifs is 2. The second kappa shape index (κ2) is 4.38. The topological polar surface area (TPSA) is 56.3 Å². The summed E-state index contributed by atoms with van der Waals surface area (Å²) in [5.74, 6) is 1.97. The molecule has 5 nitrogen and oxygen atoms in total. The Morgan fingerprint density at radius 1 is 1.00 bits per heavy atom. The number of nitrogens with one attached hydrogen (secondary N) is 1. The fourth-order valence-corrected chi connectivity index (χ4v) is 2.18. The van der Waals surface area contributed by atoms with E-state index in [0.717, 1.165) is 22.3 Å². The number of nitrogens with zero attached hydrogens (tertiary/aromatic N) is 2. The van der Waals surface area contributed by atoms with Crippen molar-refractivity contribution in [1.82, 2.24) is 9.97 Å². The van der Waals surface area contributed by atoms with Crippen molar-refractivity contribution < 1.29 is 9.47 Å². The van der Waals surface area contributed by atoms with Gasteiger partial charge in [-0.15, -0.1) is 0 Å². The predicted molar refractivity (Wildman–Crippen MR) is 75.4 cm³/mol. The maximum absolute atomic E-state index is 5.45. The number of ether oxygens (including phenoxy) is 2. The Kier molecular flexibility index (Phi) is 2.42. The molecule has 0 saturated carbocycles. The van der Waals surface area contributed by atoms with Crippen LogP contribution in [0.1, 0.15) is 0 Å². The molecule has 2 heterocycles. The monoisotopic (exact) mass is 265 g/mol. The van der Waals surface area contributed by atoms with Crippen molar-refractivity contribution in [3.63, 3.8) is 0 Å². The van der Waals surface area contributed by atoms with Crippen LogP contribution in [0.15, 0.2) is 48.7 Å². The van der Waals surface area contributed by atoms with Gasteiger partial charge in [-0.25, -0.2) is 9.97 Å². The van der Waals surface area contributed by atoms with Crippen molar-refractivity contribution >= 4 is 22.5 Å². The third-order valence-corrected chi connectivity index (χ3v) is 3.13. The van der Waals surface area contributed by atoms with Gasteiger partial charge in [-0.05, 0) is 18.2 Å². The highest BCUT2D eigenvalue weighted by Crippen LogP contribution is 2.39. The minimum Gasteiger partial charge on any atom is -0.454 e. The van der Waals surface area contributed by atoms with Gasteiger partial charge in [0.05, 0.1) is 11.2 Å². The Morgan fingerprint density at radius 2 is 1.95 bits per heavy atom. The molecule has 0 atom stereocenters. The quantitative estimate of drug-likeness (QED) is 0.771. The molecular weight excluding hydrogens is 254 g/mol. The predicted octanol–water partition coefficient (Wildman–Crippen LogP) is 3.10. The molecule has 5 heteroatoms. The van der Waals surface area contributed by atoms with Gasteiger partial charge in [0.1, 0.15) is 0 Å². The molecule has 0 bridgehead atoms. The SMILES string of the molecule is c1cc(Nc2ncc3ccccc3n2)c2c(c1)OCO2. The number of benzene rings is 2. The van der Waals surface area contributed by atoms with Crippen LogP contribution in [0.25, 0.3) is 10.9 Å². The zero-order chi connectivity index (χ0) is 13.4. The van der Waals surface area contributed by atoms with Gasteiger partial charge >= 0.3 is 0 Å². The fourth-order valence-electron chi connectivity index (χ4n) is 2.18. The van der Waals surface area contributed by atoms with Gasteiger partial charge < -0.3 is 14.8 Å². The maximum atomic E-state index is 5.45. The molecule has 20 heavy (non-hydrogen) atoms. The van der Waals surface area contributed by atoms with E-state index in [1.807, 2.05) is 42.5 Å². The molecule has 0 amide bonds. The van der Waals surface area contributed by atoms with Crippen LogP contribution >= 0.6 is 0 Å². The lowest BCUT2D eigenvalue weighted by Gasteiger charge is -2.08. The van der Waals surface area contributed by atoms with Crippen LogP contribution < -0.4 is 14.8 Å². The summed E-state index contributed by atoms with van der Waals surface area (Å²) >= 11 is 0. The number of aromatic nitrogens is 2. The maximum Gasteiger partial charge on any atom is 0.231 e. The number of hydrogen-bond donors (Lipinski definition) is 1. The van der Waals surface area contributed by atoms with Crippen LogP contribution in [-0.2, 0) is 0 Å². The Labute approximate surface area is 115 Å². The molecule has 0 aliphatic carbocycles. The summed E-state index contributed by atoms with van der Waals surface area (Å²) in [5, 5.41) is 4.18. The molecule has 2 aromatic carbocycles. The van der Waals surface area contributed by atoms with Gasteiger partial charge in [0, 0.05) is 11.6 Å². The second-order valence-electron chi connectivity index (χ2n) is 4.42. The Hall–Kier alpha value is -2.82. The van der Waals surface area contributed by atoms with E-state index in [9.17, 15) is 0 Å². The molecule has 0 spiro atoms. The average Bonchev–Trinajstić information content (AvgIpc) is 2.97. The third kappa shape index (κ3) is 1.80. The highest BCUT2D eigenvalue weighted by atomic mass is 16.7. The zero-order valence-electron chi connectivity index (χ0n) is 10.5. The van der Waals surface area contributed by atoms with Crippen molar-refractivity contribution in [3.05, 3.63) is 48.7 Å². The average molecular weight is 265 g/mol. The first kappa shape index (κ1) is 11.0. The molecule has 1 aliphatic heterocycles. The standard InChI is InChI=1S/C15H11N3O2/c1-2-5-11-10(4-1)8-16-15(17-11)18-12-6-3-7-13-14(12)20-9-19-13/h1-8H,9H2,(H,16,17,18). The first-order chi connectivity index (χ1) is 9.90. The summed E-state index contributed by atoms with van der Waals surface area (Å²) in [7, 11) is 0. The Morgan fingerprint density at radius 3 is 2.95 bits per heavy atom. The van der Waals surface area contributed by atoms with Crippen LogP contribution in [-0.4, -0.2) is 16.8 Å². The van der Waals surface area contributed by atoms with E-state index in [4.69, 9.17) is 9.47 Å².